The third kappa shape index (κ3) is 5.90. The quantitative estimate of drug-likeness (QED) is 0.694. The molecular weight excluding hydrogens is 206 g/mol. The summed E-state index contributed by atoms with van der Waals surface area (Å²) in [6.45, 7) is 9.28. The lowest BCUT2D eigenvalue weighted by molar-refractivity contribution is 0.266. The molecule has 1 aliphatic rings. The van der Waals surface area contributed by atoms with Gasteiger partial charge in [0.2, 0.25) is 0 Å². The highest BCUT2D eigenvalue weighted by atomic mass is 14.7. The van der Waals surface area contributed by atoms with Gasteiger partial charge in [-0.15, -0.1) is 0 Å². The fourth-order valence-corrected chi connectivity index (χ4v) is 3.07. The summed E-state index contributed by atoms with van der Waals surface area (Å²) >= 11 is 0. The zero-order valence-corrected chi connectivity index (χ0v) is 12.5. The minimum absolute atomic E-state index is 0.149. The van der Waals surface area contributed by atoms with E-state index >= 15 is 0 Å². The van der Waals surface area contributed by atoms with E-state index in [1.165, 1.54) is 57.8 Å². The van der Waals surface area contributed by atoms with E-state index in [1.807, 2.05) is 0 Å². The Bertz CT molecular complexity index is 216. The van der Waals surface area contributed by atoms with Gasteiger partial charge in [0.15, 0.2) is 0 Å². The lowest BCUT2D eigenvalue weighted by atomic mass is 9.80. The molecule has 0 aromatic carbocycles. The van der Waals surface area contributed by atoms with Gasteiger partial charge >= 0.3 is 0 Å². The van der Waals surface area contributed by atoms with Gasteiger partial charge in [-0.3, -0.25) is 0 Å². The maximum absolute atomic E-state index is 6.62. The van der Waals surface area contributed by atoms with Crippen molar-refractivity contribution in [3.63, 3.8) is 0 Å². The van der Waals surface area contributed by atoms with Crippen molar-refractivity contribution in [2.24, 2.45) is 17.1 Å². The molecule has 1 aliphatic carbocycles. The molecule has 2 N–H and O–H groups in total. The van der Waals surface area contributed by atoms with Crippen LogP contribution in [0.15, 0.2) is 0 Å². The van der Waals surface area contributed by atoms with Crippen molar-refractivity contribution in [2.75, 3.05) is 0 Å². The van der Waals surface area contributed by atoms with Gasteiger partial charge in [0, 0.05) is 5.54 Å². The average Bonchev–Trinajstić information content (AvgIpc) is 2.39. The van der Waals surface area contributed by atoms with Crippen molar-refractivity contribution in [2.45, 2.75) is 91.0 Å². The van der Waals surface area contributed by atoms with E-state index in [-0.39, 0.29) is 5.54 Å². The van der Waals surface area contributed by atoms with Crippen molar-refractivity contribution in [3.8, 4) is 0 Å². The molecule has 2 atom stereocenters. The number of hydrogen-bond donors (Lipinski definition) is 1. The predicted octanol–water partition coefficient (Wildman–Crippen LogP) is 4.89. The van der Waals surface area contributed by atoms with Crippen LogP contribution in [0.2, 0.25) is 0 Å². The molecule has 0 bridgehead atoms. The number of nitrogens with two attached hydrogens (primary N) is 1. The first kappa shape index (κ1) is 15.0. The summed E-state index contributed by atoms with van der Waals surface area (Å²) in [5.74, 6) is 0.958. The summed E-state index contributed by atoms with van der Waals surface area (Å²) < 4.78 is 0. The second kappa shape index (κ2) is 6.22. The van der Waals surface area contributed by atoms with Crippen LogP contribution in [0, 0.1) is 11.3 Å². The van der Waals surface area contributed by atoms with Crippen LogP contribution in [0.3, 0.4) is 0 Å². The highest BCUT2D eigenvalue weighted by Crippen LogP contribution is 2.36. The Labute approximate surface area is 109 Å². The SMILES string of the molecule is CCCC1CCCC(N)(CCC(C)(C)C)CC1. The van der Waals surface area contributed by atoms with Crippen LogP contribution in [0.4, 0.5) is 0 Å². The molecule has 1 heteroatoms. The molecule has 1 nitrogen and oxygen atoms in total. The highest BCUT2D eigenvalue weighted by Gasteiger charge is 2.30. The zero-order chi connectivity index (χ0) is 12.9. The molecule has 0 heterocycles. The van der Waals surface area contributed by atoms with E-state index in [1.54, 1.807) is 0 Å². The van der Waals surface area contributed by atoms with Crippen molar-refractivity contribution in [1.29, 1.82) is 0 Å². The van der Waals surface area contributed by atoms with E-state index in [2.05, 4.69) is 27.7 Å². The lowest BCUT2D eigenvalue weighted by Gasteiger charge is -2.31. The molecule has 2 unspecified atom stereocenters. The number of rotatable bonds is 4. The van der Waals surface area contributed by atoms with Crippen molar-refractivity contribution < 1.29 is 0 Å². The summed E-state index contributed by atoms with van der Waals surface area (Å²) in [4.78, 5) is 0. The van der Waals surface area contributed by atoms with Crippen molar-refractivity contribution >= 4 is 0 Å². The van der Waals surface area contributed by atoms with E-state index in [0.717, 1.165) is 5.92 Å². The summed E-state index contributed by atoms with van der Waals surface area (Å²) in [7, 11) is 0. The van der Waals surface area contributed by atoms with Crippen LogP contribution in [-0.4, -0.2) is 5.54 Å². The molecule has 0 aromatic rings. The number of hydrogen-bond acceptors (Lipinski definition) is 1. The second-order valence-electron chi connectivity index (χ2n) is 7.51. The Morgan fingerprint density at radius 2 is 1.88 bits per heavy atom. The molecule has 0 radical (unpaired) electrons. The molecule has 1 saturated carbocycles. The van der Waals surface area contributed by atoms with Crippen LogP contribution in [0.5, 0.6) is 0 Å². The fourth-order valence-electron chi connectivity index (χ4n) is 3.07. The second-order valence-corrected chi connectivity index (χ2v) is 7.51. The smallest absolute Gasteiger partial charge is 0.0154 e. The maximum atomic E-state index is 6.62. The lowest BCUT2D eigenvalue weighted by Crippen LogP contribution is -2.40. The Kier molecular flexibility index (Phi) is 5.50. The molecule has 0 aromatic heterocycles. The van der Waals surface area contributed by atoms with Gasteiger partial charge in [0.1, 0.15) is 0 Å². The van der Waals surface area contributed by atoms with Gasteiger partial charge < -0.3 is 5.73 Å². The third-order valence-electron chi connectivity index (χ3n) is 4.41. The van der Waals surface area contributed by atoms with E-state index in [0.29, 0.717) is 5.41 Å². The van der Waals surface area contributed by atoms with E-state index in [4.69, 9.17) is 5.73 Å². The molecule has 1 rings (SSSR count). The van der Waals surface area contributed by atoms with Crippen LogP contribution >= 0.6 is 0 Å². The monoisotopic (exact) mass is 239 g/mol. The largest absolute Gasteiger partial charge is 0.325 e. The van der Waals surface area contributed by atoms with E-state index in [9.17, 15) is 0 Å². The van der Waals surface area contributed by atoms with Gasteiger partial charge in [-0.05, 0) is 43.4 Å². The van der Waals surface area contributed by atoms with Gasteiger partial charge in [-0.1, -0.05) is 53.4 Å². The molecule has 17 heavy (non-hydrogen) atoms. The molecule has 0 aliphatic heterocycles. The summed E-state index contributed by atoms with van der Waals surface area (Å²) in [5.41, 5.74) is 7.21. The first-order chi connectivity index (χ1) is 7.85. The first-order valence-corrected chi connectivity index (χ1v) is 7.63. The molecule has 0 saturated heterocycles. The molecule has 0 amide bonds. The minimum Gasteiger partial charge on any atom is -0.325 e. The zero-order valence-electron chi connectivity index (χ0n) is 12.5. The van der Waals surface area contributed by atoms with Crippen molar-refractivity contribution in [1.82, 2.24) is 0 Å². The molecule has 1 fully saturated rings. The minimum atomic E-state index is 0.149. The van der Waals surface area contributed by atoms with Gasteiger partial charge in [0.05, 0.1) is 0 Å². The maximum Gasteiger partial charge on any atom is 0.0154 e. The first-order valence-electron chi connectivity index (χ1n) is 7.63. The normalized spacial score (nSPS) is 31.2. The molecule has 102 valence electrons. The molecular formula is C16H33N. The summed E-state index contributed by atoms with van der Waals surface area (Å²) in [5, 5.41) is 0. The van der Waals surface area contributed by atoms with Crippen LogP contribution < -0.4 is 5.73 Å². The predicted molar refractivity (Wildman–Crippen MR) is 77.1 cm³/mol. The van der Waals surface area contributed by atoms with Gasteiger partial charge in [-0.25, -0.2) is 0 Å². The van der Waals surface area contributed by atoms with E-state index < -0.39 is 0 Å². The molecule has 0 spiro atoms. The standard InChI is InChI=1S/C16H33N/c1-5-7-14-8-6-10-16(17,11-9-14)13-12-15(2,3)4/h14H,5-13,17H2,1-4H3. The third-order valence-corrected chi connectivity index (χ3v) is 4.41. The van der Waals surface area contributed by atoms with Crippen LogP contribution in [0.25, 0.3) is 0 Å². The average molecular weight is 239 g/mol. The van der Waals surface area contributed by atoms with Gasteiger partial charge in [-0.2, -0.15) is 0 Å². The Morgan fingerprint density at radius 3 is 2.47 bits per heavy atom. The fraction of sp³-hybridized carbons (Fsp3) is 1.00. The summed E-state index contributed by atoms with van der Waals surface area (Å²) in [6.07, 6.45) is 11.9. The van der Waals surface area contributed by atoms with Gasteiger partial charge in [0.25, 0.3) is 0 Å². The topological polar surface area (TPSA) is 26.0 Å². The Balaban J connectivity index is 2.42. The van der Waals surface area contributed by atoms with Crippen LogP contribution in [0.1, 0.15) is 85.5 Å². The van der Waals surface area contributed by atoms with Crippen LogP contribution in [-0.2, 0) is 0 Å². The summed E-state index contributed by atoms with van der Waals surface area (Å²) in [6, 6.07) is 0. The highest BCUT2D eigenvalue weighted by molar-refractivity contribution is 4.88. The van der Waals surface area contributed by atoms with Crippen molar-refractivity contribution in [3.05, 3.63) is 0 Å². The Hall–Kier alpha value is -0.0400. The Morgan fingerprint density at radius 1 is 1.18 bits per heavy atom.